The summed E-state index contributed by atoms with van der Waals surface area (Å²) in [5, 5.41) is 0. The molecule has 1 heterocycles. The summed E-state index contributed by atoms with van der Waals surface area (Å²) in [5.74, 6) is 1.58. The van der Waals surface area contributed by atoms with E-state index in [9.17, 15) is 4.79 Å². The number of aromatic nitrogens is 1. The first-order valence-electron chi connectivity index (χ1n) is 6.80. The van der Waals surface area contributed by atoms with Crippen LogP contribution in [0.25, 0.3) is 11.1 Å². The van der Waals surface area contributed by atoms with E-state index in [2.05, 4.69) is 0 Å². The minimum atomic E-state index is 0.0225. The second-order valence-corrected chi connectivity index (χ2v) is 5.23. The molecule has 0 amide bonds. The highest BCUT2D eigenvalue weighted by molar-refractivity contribution is 5.75. The Morgan fingerprint density at radius 2 is 1.52 bits per heavy atom. The summed E-state index contributed by atoms with van der Waals surface area (Å²) in [6.07, 6.45) is 1.84. The van der Waals surface area contributed by atoms with Crippen molar-refractivity contribution in [2.75, 3.05) is 14.2 Å². The van der Waals surface area contributed by atoms with Crippen molar-refractivity contribution in [3.63, 3.8) is 0 Å². The Balaban J connectivity index is 2.81. The van der Waals surface area contributed by atoms with Crippen molar-refractivity contribution in [2.45, 2.75) is 20.8 Å². The predicted octanol–water partition coefficient (Wildman–Crippen LogP) is 2.99. The summed E-state index contributed by atoms with van der Waals surface area (Å²) < 4.78 is 12.5. The molecule has 0 atom stereocenters. The van der Waals surface area contributed by atoms with E-state index in [1.54, 1.807) is 25.8 Å². The van der Waals surface area contributed by atoms with Crippen LogP contribution in [0.2, 0.25) is 0 Å². The molecule has 4 nitrogen and oxygen atoms in total. The van der Waals surface area contributed by atoms with Crippen LogP contribution in [-0.4, -0.2) is 18.8 Å². The molecule has 0 N–H and O–H groups in total. The average Bonchev–Trinajstić information content (AvgIpc) is 2.48. The monoisotopic (exact) mass is 287 g/mol. The van der Waals surface area contributed by atoms with Crippen molar-refractivity contribution in [3.8, 4) is 22.6 Å². The Hall–Kier alpha value is -2.23. The quantitative estimate of drug-likeness (QED) is 0.871. The van der Waals surface area contributed by atoms with E-state index in [-0.39, 0.29) is 5.56 Å². The van der Waals surface area contributed by atoms with Gasteiger partial charge in [-0.25, -0.2) is 0 Å². The number of ether oxygens (including phenoxy) is 2. The number of pyridine rings is 1. The van der Waals surface area contributed by atoms with Gasteiger partial charge < -0.3 is 14.0 Å². The van der Waals surface area contributed by atoms with Gasteiger partial charge in [-0.1, -0.05) is 0 Å². The van der Waals surface area contributed by atoms with Gasteiger partial charge in [0.05, 0.1) is 14.2 Å². The van der Waals surface area contributed by atoms with Crippen LogP contribution in [0.5, 0.6) is 11.5 Å². The summed E-state index contributed by atoms with van der Waals surface area (Å²) >= 11 is 0. The first-order valence-corrected chi connectivity index (χ1v) is 6.80. The maximum absolute atomic E-state index is 12.0. The topological polar surface area (TPSA) is 40.5 Å². The molecular weight excluding hydrogens is 266 g/mol. The molecule has 0 unspecified atom stereocenters. The molecule has 21 heavy (non-hydrogen) atoms. The second kappa shape index (κ2) is 5.64. The van der Waals surface area contributed by atoms with Crippen molar-refractivity contribution < 1.29 is 9.47 Å². The maximum atomic E-state index is 12.0. The third kappa shape index (κ3) is 2.53. The molecule has 4 heteroatoms. The Morgan fingerprint density at radius 3 is 2.10 bits per heavy atom. The van der Waals surface area contributed by atoms with Crippen molar-refractivity contribution in [1.82, 2.24) is 4.57 Å². The number of nitrogens with zero attached hydrogens (tertiary/aromatic N) is 1. The molecule has 0 saturated carbocycles. The Labute approximate surface area is 124 Å². The largest absolute Gasteiger partial charge is 0.496 e. The van der Waals surface area contributed by atoms with Crippen LogP contribution in [-0.2, 0) is 7.05 Å². The zero-order valence-corrected chi connectivity index (χ0v) is 13.4. The lowest BCUT2D eigenvalue weighted by Crippen LogP contribution is -2.20. The van der Waals surface area contributed by atoms with Crippen LogP contribution in [0.4, 0.5) is 0 Å². The third-order valence-corrected chi connectivity index (χ3v) is 3.94. The molecule has 0 aliphatic rings. The molecule has 0 radical (unpaired) electrons. The number of methoxy groups -OCH3 is 2. The zero-order valence-electron chi connectivity index (χ0n) is 13.4. The molecular formula is C17H21NO3. The smallest absolute Gasteiger partial charge is 0.253 e. The van der Waals surface area contributed by atoms with Gasteiger partial charge in [-0.3, -0.25) is 4.79 Å². The summed E-state index contributed by atoms with van der Waals surface area (Å²) in [5.41, 5.74) is 4.64. The van der Waals surface area contributed by atoms with Crippen LogP contribution in [0.15, 0.2) is 23.1 Å². The highest BCUT2D eigenvalue weighted by Crippen LogP contribution is 2.37. The first-order chi connectivity index (χ1) is 9.90. The van der Waals surface area contributed by atoms with Gasteiger partial charge in [0.15, 0.2) is 0 Å². The SMILES string of the molecule is COc1cc(-c2cn(C)c(=O)c(C)c2C)c(OC)cc1C. The molecule has 0 fully saturated rings. The lowest BCUT2D eigenvalue weighted by molar-refractivity contribution is 0.402. The Bertz CT molecular complexity index is 745. The van der Waals surface area contributed by atoms with Crippen molar-refractivity contribution >= 4 is 0 Å². The van der Waals surface area contributed by atoms with E-state index in [1.807, 2.05) is 39.1 Å². The van der Waals surface area contributed by atoms with E-state index in [0.29, 0.717) is 0 Å². The van der Waals surface area contributed by atoms with Crippen LogP contribution >= 0.6 is 0 Å². The van der Waals surface area contributed by atoms with Gasteiger partial charge in [-0.2, -0.15) is 0 Å². The molecule has 2 rings (SSSR count). The minimum Gasteiger partial charge on any atom is -0.496 e. The van der Waals surface area contributed by atoms with E-state index in [0.717, 1.165) is 39.3 Å². The van der Waals surface area contributed by atoms with Crippen LogP contribution in [0.1, 0.15) is 16.7 Å². The second-order valence-electron chi connectivity index (χ2n) is 5.23. The Kier molecular flexibility index (Phi) is 4.07. The number of rotatable bonds is 3. The van der Waals surface area contributed by atoms with Gasteiger partial charge in [0, 0.05) is 29.9 Å². The average molecular weight is 287 g/mol. The summed E-state index contributed by atoms with van der Waals surface area (Å²) in [6, 6.07) is 3.91. The lowest BCUT2D eigenvalue weighted by atomic mass is 9.97. The number of aryl methyl sites for hydroxylation is 2. The van der Waals surface area contributed by atoms with Gasteiger partial charge in [-0.05, 0) is 44.0 Å². The fourth-order valence-electron chi connectivity index (χ4n) is 2.51. The molecule has 1 aromatic heterocycles. The van der Waals surface area contributed by atoms with Gasteiger partial charge in [0.1, 0.15) is 11.5 Å². The summed E-state index contributed by atoms with van der Waals surface area (Å²) in [7, 11) is 5.06. The van der Waals surface area contributed by atoms with Gasteiger partial charge in [0.25, 0.3) is 5.56 Å². The standard InChI is InChI=1S/C17H21NO3/c1-10-7-16(21-6)13(8-15(10)20-5)14-9-18(4)17(19)12(3)11(14)2/h7-9H,1-6H3. The molecule has 2 aromatic rings. The minimum absolute atomic E-state index is 0.0225. The van der Waals surface area contributed by atoms with E-state index < -0.39 is 0 Å². The van der Waals surface area contributed by atoms with Crippen molar-refractivity contribution in [2.24, 2.45) is 7.05 Å². The van der Waals surface area contributed by atoms with Crippen LogP contribution in [0, 0.1) is 20.8 Å². The van der Waals surface area contributed by atoms with E-state index in [4.69, 9.17) is 9.47 Å². The number of hydrogen-bond donors (Lipinski definition) is 0. The molecule has 0 spiro atoms. The van der Waals surface area contributed by atoms with Crippen LogP contribution in [0.3, 0.4) is 0 Å². The fraction of sp³-hybridized carbons (Fsp3) is 0.353. The predicted molar refractivity (Wildman–Crippen MR) is 84.4 cm³/mol. The Morgan fingerprint density at radius 1 is 0.905 bits per heavy atom. The molecule has 112 valence electrons. The first kappa shape index (κ1) is 15.2. The highest BCUT2D eigenvalue weighted by Gasteiger charge is 2.15. The van der Waals surface area contributed by atoms with E-state index >= 15 is 0 Å². The third-order valence-electron chi connectivity index (χ3n) is 3.94. The zero-order chi connectivity index (χ0) is 15.7. The van der Waals surface area contributed by atoms with Crippen LogP contribution < -0.4 is 15.0 Å². The number of benzene rings is 1. The molecule has 0 aliphatic heterocycles. The number of hydrogen-bond acceptors (Lipinski definition) is 3. The molecule has 0 saturated heterocycles. The molecule has 1 aromatic carbocycles. The van der Waals surface area contributed by atoms with Gasteiger partial charge >= 0.3 is 0 Å². The van der Waals surface area contributed by atoms with E-state index in [1.165, 1.54) is 0 Å². The van der Waals surface area contributed by atoms with Crippen molar-refractivity contribution in [3.05, 3.63) is 45.4 Å². The summed E-state index contributed by atoms with van der Waals surface area (Å²) in [4.78, 5) is 12.0. The normalized spacial score (nSPS) is 10.6. The highest BCUT2D eigenvalue weighted by atomic mass is 16.5. The molecule has 0 bridgehead atoms. The lowest BCUT2D eigenvalue weighted by Gasteiger charge is -2.16. The summed E-state index contributed by atoms with van der Waals surface area (Å²) in [6.45, 7) is 5.78. The van der Waals surface area contributed by atoms with Crippen molar-refractivity contribution in [1.29, 1.82) is 0 Å². The van der Waals surface area contributed by atoms with Gasteiger partial charge in [-0.15, -0.1) is 0 Å². The fourth-order valence-corrected chi connectivity index (χ4v) is 2.51. The van der Waals surface area contributed by atoms with Gasteiger partial charge in [0.2, 0.25) is 0 Å². The molecule has 0 aliphatic carbocycles. The maximum Gasteiger partial charge on any atom is 0.253 e.